The van der Waals surface area contributed by atoms with Gasteiger partial charge in [0.1, 0.15) is 0 Å². The maximum atomic E-state index is 5.67. The first-order chi connectivity index (χ1) is 41.7. The highest BCUT2D eigenvalue weighted by Crippen LogP contribution is 2.43. The van der Waals surface area contributed by atoms with Crippen molar-refractivity contribution in [1.82, 2.24) is 57.3 Å². The van der Waals surface area contributed by atoms with Crippen LogP contribution in [0.5, 0.6) is 0 Å². The average molecular weight is 1080 g/mol. The van der Waals surface area contributed by atoms with Crippen molar-refractivity contribution in [2.24, 2.45) is 0 Å². The molecule has 0 radical (unpaired) electrons. The summed E-state index contributed by atoms with van der Waals surface area (Å²) < 4.78 is 13.3. The maximum absolute atomic E-state index is 5.67. The number of aromatic nitrogens is 12. The number of hydrogen-bond acceptors (Lipinski definition) is 6. The molecule has 392 valence electrons. The summed E-state index contributed by atoms with van der Waals surface area (Å²) in [4.78, 5) is 33.7. The number of nitrogens with zero attached hydrogens (tertiary/aromatic N) is 12. The molecule has 0 amide bonds. The molecule has 0 aliphatic heterocycles. The highest BCUT2D eigenvalue weighted by molar-refractivity contribution is 6.26. The summed E-state index contributed by atoms with van der Waals surface area (Å²) in [6.45, 7) is 0. The van der Waals surface area contributed by atoms with E-state index in [9.17, 15) is 0 Å². The first kappa shape index (κ1) is 45.3. The molecule has 1 aliphatic carbocycles. The van der Waals surface area contributed by atoms with Crippen molar-refractivity contribution in [2.45, 2.75) is 12.8 Å². The predicted octanol–water partition coefficient (Wildman–Crippen LogP) is 16.4. The van der Waals surface area contributed by atoms with Gasteiger partial charge in [0.25, 0.3) is 0 Å². The molecule has 0 bridgehead atoms. The van der Waals surface area contributed by atoms with Gasteiger partial charge in [0.2, 0.25) is 35.7 Å². The van der Waals surface area contributed by atoms with E-state index in [0.29, 0.717) is 35.7 Å². The molecule has 12 nitrogen and oxygen atoms in total. The Morgan fingerprint density at radius 1 is 0.238 bits per heavy atom. The Hall–Kier alpha value is -11.5. The second kappa shape index (κ2) is 17.0. The van der Waals surface area contributed by atoms with Crippen LogP contribution in [0.1, 0.15) is 17.7 Å². The minimum Gasteiger partial charge on any atom is -0.278 e. The molecular formula is C72H44N12. The Balaban J connectivity index is 0.942. The van der Waals surface area contributed by atoms with Crippen LogP contribution >= 0.6 is 0 Å². The van der Waals surface area contributed by atoms with E-state index in [0.717, 1.165) is 133 Å². The molecule has 0 saturated carbocycles. The second-order valence-electron chi connectivity index (χ2n) is 21.8. The van der Waals surface area contributed by atoms with Gasteiger partial charge < -0.3 is 0 Å². The smallest absolute Gasteiger partial charge is 0.241 e. The van der Waals surface area contributed by atoms with Crippen LogP contribution in [0.3, 0.4) is 0 Å². The topological polar surface area (TPSA) is 107 Å². The largest absolute Gasteiger partial charge is 0.278 e. The molecule has 1 aliphatic rings. The lowest BCUT2D eigenvalue weighted by molar-refractivity contribution is 0.831. The zero-order valence-electron chi connectivity index (χ0n) is 44.9. The van der Waals surface area contributed by atoms with Crippen molar-refractivity contribution in [3.63, 3.8) is 0 Å². The van der Waals surface area contributed by atoms with E-state index in [1.54, 1.807) is 0 Å². The molecule has 12 heteroatoms. The maximum Gasteiger partial charge on any atom is 0.241 e. The molecule has 10 aromatic carbocycles. The SMILES string of the molecule is C1=Cc2c(c3ccccc3n2-c2nc(-n3c4ccccc4c4ccccc43)nc(-n3c4ccccc4c4c3ccc3c5ccccc5n(-c5nc(-n6c7ccccc7c7ccccc76)nc(-n6c7ccccc7c7ccccc76)n5)c34)n2)CC1. The van der Waals surface area contributed by atoms with Crippen LogP contribution in [0, 0.1) is 0 Å². The first-order valence-electron chi connectivity index (χ1n) is 28.4. The molecule has 18 aromatic rings. The van der Waals surface area contributed by atoms with E-state index in [1.165, 1.54) is 10.9 Å². The average Bonchev–Trinajstić information content (AvgIpc) is 4.58. The van der Waals surface area contributed by atoms with Gasteiger partial charge in [-0.1, -0.05) is 176 Å². The van der Waals surface area contributed by atoms with Crippen molar-refractivity contribution >= 4 is 126 Å². The van der Waals surface area contributed by atoms with Crippen LogP contribution in [-0.2, 0) is 6.42 Å². The molecule has 0 saturated heterocycles. The van der Waals surface area contributed by atoms with Gasteiger partial charge in [-0.05, 0) is 85.1 Å². The third-order valence-corrected chi connectivity index (χ3v) is 17.5. The van der Waals surface area contributed by atoms with E-state index >= 15 is 0 Å². The van der Waals surface area contributed by atoms with Crippen molar-refractivity contribution in [3.8, 4) is 35.7 Å². The Morgan fingerprint density at radius 2 is 0.524 bits per heavy atom. The lowest BCUT2D eigenvalue weighted by atomic mass is 10.0. The number of rotatable bonds is 6. The molecule has 19 rings (SSSR count). The number of allylic oxidation sites excluding steroid dienone is 1. The van der Waals surface area contributed by atoms with Gasteiger partial charge in [0.05, 0.1) is 66.4 Å². The van der Waals surface area contributed by atoms with Crippen LogP contribution in [0.15, 0.2) is 237 Å². The summed E-state index contributed by atoms with van der Waals surface area (Å²) in [5.41, 5.74) is 13.2. The molecule has 0 N–H and O–H groups in total. The fraction of sp³-hybridized carbons (Fsp3) is 0.0278. The van der Waals surface area contributed by atoms with Crippen LogP contribution in [0.4, 0.5) is 0 Å². The summed E-state index contributed by atoms with van der Waals surface area (Å²) in [5, 5.41) is 12.0. The third-order valence-electron chi connectivity index (χ3n) is 17.5. The quantitative estimate of drug-likeness (QED) is 0.164. The molecule has 8 aromatic heterocycles. The summed E-state index contributed by atoms with van der Waals surface area (Å²) in [7, 11) is 0. The first-order valence-corrected chi connectivity index (χ1v) is 28.4. The number of fused-ring (bicyclic) bond motifs is 19. The lowest BCUT2D eigenvalue weighted by Gasteiger charge is -2.15. The lowest BCUT2D eigenvalue weighted by Crippen LogP contribution is -2.14. The second-order valence-corrected chi connectivity index (χ2v) is 21.8. The van der Waals surface area contributed by atoms with Crippen LogP contribution in [0.2, 0.25) is 0 Å². The van der Waals surface area contributed by atoms with Gasteiger partial charge in [-0.3, -0.25) is 27.4 Å². The van der Waals surface area contributed by atoms with Crippen molar-refractivity contribution < 1.29 is 0 Å². The minimum atomic E-state index is 0.475. The fourth-order valence-electron chi connectivity index (χ4n) is 14.0. The molecule has 8 heterocycles. The number of hydrogen-bond donors (Lipinski definition) is 0. The predicted molar refractivity (Wildman–Crippen MR) is 339 cm³/mol. The van der Waals surface area contributed by atoms with E-state index in [-0.39, 0.29) is 0 Å². The monoisotopic (exact) mass is 1080 g/mol. The van der Waals surface area contributed by atoms with Crippen molar-refractivity contribution in [2.75, 3.05) is 0 Å². The van der Waals surface area contributed by atoms with E-state index in [1.807, 2.05) is 0 Å². The van der Waals surface area contributed by atoms with E-state index in [4.69, 9.17) is 29.9 Å². The van der Waals surface area contributed by atoms with Crippen molar-refractivity contribution in [1.29, 1.82) is 0 Å². The van der Waals surface area contributed by atoms with E-state index < -0.39 is 0 Å². The Morgan fingerprint density at radius 3 is 0.929 bits per heavy atom. The highest BCUT2D eigenvalue weighted by Gasteiger charge is 2.28. The fourth-order valence-corrected chi connectivity index (χ4v) is 14.0. The summed E-state index contributed by atoms with van der Waals surface area (Å²) in [6, 6.07) is 81.4. The molecule has 0 fully saturated rings. The molecule has 0 unspecified atom stereocenters. The standard InChI is InChI=1S/C72H44N12/c1-11-31-54-43(21-1)44-22-2-12-32-55(44)79(54)67-73-68(80-56-33-13-3-23-45(56)46-24-4-14-34-57(46)80)76-71(75-67)83-63-40-20-10-30-53(63)65-64(83)42-41-52-51-29-9-19-39-62(51)84(66(52)65)72-77-69(81-58-35-15-5-25-47(58)48-26-6-16-36-59(48)81)74-70(78-72)82-60-37-17-7-27-49(60)50-28-8-18-38-61(50)82/h1-3,5-23,25-42H,4,24H2. The van der Waals surface area contributed by atoms with Crippen LogP contribution < -0.4 is 0 Å². The highest BCUT2D eigenvalue weighted by atomic mass is 15.3. The number of benzene rings is 10. The molecule has 84 heavy (non-hydrogen) atoms. The zero-order valence-corrected chi connectivity index (χ0v) is 44.9. The van der Waals surface area contributed by atoms with Gasteiger partial charge in [0.15, 0.2) is 0 Å². The van der Waals surface area contributed by atoms with Crippen LogP contribution in [0.25, 0.3) is 162 Å². The summed E-state index contributed by atoms with van der Waals surface area (Å²) in [6.07, 6.45) is 6.39. The Kier molecular flexibility index (Phi) is 9.17. The normalized spacial score (nSPS) is 12.9. The minimum absolute atomic E-state index is 0.475. The van der Waals surface area contributed by atoms with Crippen molar-refractivity contribution in [3.05, 3.63) is 248 Å². The summed E-state index contributed by atoms with van der Waals surface area (Å²) in [5.74, 6) is 3.00. The van der Waals surface area contributed by atoms with Crippen LogP contribution in [-0.4, -0.2) is 57.3 Å². The molecule has 0 spiro atoms. The van der Waals surface area contributed by atoms with Gasteiger partial charge in [-0.15, -0.1) is 0 Å². The van der Waals surface area contributed by atoms with Gasteiger partial charge in [-0.25, -0.2) is 0 Å². The van der Waals surface area contributed by atoms with Gasteiger partial charge in [0, 0.05) is 59.2 Å². The van der Waals surface area contributed by atoms with Gasteiger partial charge >= 0.3 is 0 Å². The van der Waals surface area contributed by atoms with Gasteiger partial charge in [-0.2, -0.15) is 29.9 Å². The summed E-state index contributed by atoms with van der Waals surface area (Å²) >= 11 is 0. The Labute approximate surface area is 477 Å². The zero-order chi connectivity index (χ0) is 54.7. The third kappa shape index (κ3) is 6.14. The number of para-hydroxylation sites is 9. The molecule has 0 atom stereocenters. The van der Waals surface area contributed by atoms with E-state index in [2.05, 4.69) is 270 Å². The Bertz CT molecular complexity index is 5610. The number of aryl methyl sites for hydroxylation is 1. The molecular weight excluding hydrogens is 1030 g/mol.